The van der Waals surface area contributed by atoms with Crippen molar-refractivity contribution in [2.24, 2.45) is 5.92 Å². The number of nitrogens with one attached hydrogen (secondary N) is 2. The molecular weight excluding hydrogens is 587 g/mol. The first-order valence-corrected chi connectivity index (χ1v) is 17.3. The fourth-order valence-electron chi connectivity index (χ4n) is 4.95. The van der Waals surface area contributed by atoms with Gasteiger partial charge in [0.05, 0.1) is 12.0 Å². The molecule has 234 valence electrons. The molecule has 9 nitrogen and oxygen atoms in total. The van der Waals surface area contributed by atoms with Gasteiger partial charge in [-0.2, -0.15) is 11.8 Å². The van der Waals surface area contributed by atoms with E-state index in [1.54, 1.807) is 25.8 Å². The van der Waals surface area contributed by atoms with Crippen LogP contribution in [0.25, 0.3) is 0 Å². The van der Waals surface area contributed by atoms with Crippen molar-refractivity contribution in [2.75, 3.05) is 36.9 Å². The highest BCUT2D eigenvalue weighted by molar-refractivity contribution is 7.99. The van der Waals surface area contributed by atoms with Crippen molar-refractivity contribution >= 4 is 41.4 Å². The second-order valence-corrected chi connectivity index (χ2v) is 13.1. The first-order chi connectivity index (χ1) is 20.9. The van der Waals surface area contributed by atoms with E-state index < -0.39 is 18.2 Å². The number of benzene rings is 2. The lowest BCUT2D eigenvalue weighted by Gasteiger charge is -2.26. The quantitative estimate of drug-likeness (QED) is 0.285. The number of para-hydroxylation sites is 1. The van der Waals surface area contributed by atoms with Crippen LogP contribution in [0.2, 0.25) is 0 Å². The van der Waals surface area contributed by atoms with Gasteiger partial charge in [-0.25, -0.2) is 4.79 Å². The van der Waals surface area contributed by atoms with Crippen molar-refractivity contribution in [1.29, 1.82) is 0 Å². The third kappa shape index (κ3) is 10.7. The van der Waals surface area contributed by atoms with Crippen molar-refractivity contribution < 1.29 is 28.6 Å². The molecule has 2 aromatic rings. The van der Waals surface area contributed by atoms with Crippen molar-refractivity contribution in [2.45, 2.75) is 63.8 Å². The van der Waals surface area contributed by atoms with Gasteiger partial charge in [0, 0.05) is 25.2 Å². The van der Waals surface area contributed by atoms with E-state index in [-0.39, 0.29) is 24.5 Å². The first kappa shape index (κ1) is 33.0. The molecule has 2 aromatic carbocycles. The molecule has 1 saturated carbocycles. The number of hydrogen-bond donors (Lipinski definition) is 2. The van der Waals surface area contributed by atoms with Gasteiger partial charge in [0.1, 0.15) is 30.2 Å². The highest BCUT2D eigenvalue weighted by Gasteiger charge is 2.37. The van der Waals surface area contributed by atoms with Crippen LogP contribution in [-0.4, -0.2) is 77.8 Å². The largest absolute Gasteiger partial charge is 0.457 e. The highest BCUT2D eigenvalue weighted by atomic mass is 32.2. The lowest BCUT2D eigenvalue weighted by molar-refractivity contribution is -0.130. The summed E-state index contributed by atoms with van der Waals surface area (Å²) in [4.78, 5) is 40.9. The molecule has 3 amide bonds. The normalized spacial score (nSPS) is 18.5. The Morgan fingerprint density at radius 2 is 1.74 bits per heavy atom. The Balaban J connectivity index is 1.33. The number of ether oxygens (including phenoxy) is 3. The molecule has 0 spiro atoms. The number of carbonyl (C=O) groups excluding carboxylic acids is 3. The van der Waals surface area contributed by atoms with Crippen molar-refractivity contribution in [3.63, 3.8) is 0 Å². The van der Waals surface area contributed by atoms with Crippen LogP contribution in [0.3, 0.4) is 0 Å². The fourth-order valence-corrected chi connectivity index (χ4v) is 7.36. The molecule has 0 bridgehead atoms. The number of amides is 3. The lowest BCUT2D eigenvalue weighted by Crippen LogP contribution is -2.54. The molecule has 1 saturated heterocycles. The monoisotopic (exact) mass is 629 g/mol. The van der Waals surface area contributed by atoms with Crippen LogP contribution in [0, 0.1) is 5.92 Å². The van der Waals surface area contributed by atoms with Crippen LogP contribution >= 0.6 is 23.5 Å². The van der Waals surface area contributed by atoms with Crippen molar-refractivity contribution in [3.8, 4) is 11.5 Å². The minimum atomic E-state index is -0.723. The van der Waals surface area contributed by atoms with E-state index in [2.05, 4.69) is 10.6 Å². The maximum absolute atomic E-state index is 13.4. The zero-order chi connectivity index (χ0) is 30.4. The standard InChI is InChI=1S/C32H43N3O6S2/c1-23(39-2)18-40-32(38)35-22-43-21-29(35)31(37)34-28(20-42-19-25-9-5-3-6-10-25)30(36)33-17-24-13-15-27(16-14-24)41-26-11-7-4-8-12-26/h4,7-8,11-16,23,25,28-29H,3,5-6,9-10,17-22H2,1-2H3,(H,33,36)(H,34,37)/t23?,28-,29-/m0/s1. The van der Waals surface area contributed by atoms with Crippen LogP contribution in [0.4, 0.5) is 4.79 Å². The Morgan fingerprint density at radius 1 is 1.02 bits per heavy atom. The Kier molecular flexibility index (Phi) is 13.4. The summed E-state index contributed by atoms with van der Waals surface area (Å²) in [6.07, 6.45) is 5.46. The molecule has 0 radical (unpaired) electrons. The van der Waals surface area contributed by atoms with E-state index in [1.807, 2.05) is 54.6 Å². The molecule has 1 aliphatic carbocycles. The molecule has 1 unspecified atom stereocenters. The number of thioether (sulfide) groups is 2. The predicted octanol–water partition coefficient (Wildman–Crippen LogP) is 5.44. The van der Waals surface area contributed by atoms with Crippen molar-refractivity contribution in [1.82, 2.24) is 15.5 Å². The van der Waals surface area contributed by atoms with Gasteiger partial charge in [-0.15, -0.1) is 11.8 Å². The summed E-state index contributed by atoms with van der Waals surface area (Å²) >= 11 is 3.19. The van der Waals surface area contributed by atoms with Gasteiger partial charge >= 0.3 is 6.09 Å². The van der Waals surface area contributed by atoms with Crippen LogP contribution in [0.1, 0.15) is 44.6 Å². The molecule has 11 heteroatoms. The second-order valence-electron chi connectivity index (χ2n) is 11.0. The van der Waals surface area contributed by atoms with E-state index >= 15 is 0 Å². The summed E-state index contributed by atoms with van der Waals surface area (Å²) in [5.74, 6) is 3.76. The molecular formula is C32H43N3O6S2. The Hall–Kier alpha value is -2.89. The van der Waals surface area contributed by atoms with Gasteiger partial charge in [-0.3, -0.25) is 14.5 Å². The van der Waals surface area contributed by atoms with Crippen LogP contribution in [0.5, 0.6) is 11.5 Å². The van der Waals surface area contributed by atoms with Crippen LogP contribution < -0.4 is 15.4 Å². The van der Waals surface area contributed by atoms with Gasteiger partial charge in [0.2, 0.25) is 11.8 Å². The summed E-state index contributed by atoms with van der Waals surface area (Å²) in [7, 11) is 1.55. The maximum atomic E-state index is 13.4. The molecule has 0 aromatic heterocycles. The highest BCUT2D eigenvalue weighted by Crippen LogP contribution is 2.27. The maximum Gasteiger partial charge on any atom is 0.411 e. The Morgan fingerprint density at radius 3 is 2.47 bits per heavy atom. The minimum absolute atomic E-state index is 0.104. The minimum Gasteiger partial charge on any atom is -0.457 e. The van der Waals surface area contributed by atoms with Gasteiger partial charge in [0.25, 0.3) is 0 Å². The summed E-state index contributed by atoms with van der Waals surface area (Å²) in [5.41, 5.74) is 0.917. The average Bonchev–Trinajstić information content (AvgIpc) is 3.54. The van der Waals surface area contributed by atoms with Gasteiger partial charge in [-0.05, 0) is 61.3 Å². The number of hydrogen-bond acceptors (Lipinski definition) is 8. The SMILES string of the molecule is COC(C)COC(=O)N1CSC[C@H]1C(=O)N[C@@H](CSCC1CCCCC1)C(=O)NCc1ccc(Oc2ccccc2)cc1. The lowest BCUT2D eigenvalue weighted by atomic mass is 9.91. The smallest absolute Gasteiger partial charge is 0.411 e. The number of carbonyl (C=O) groups is 3. The number of rotatable bonds is 14. The van der Waals surface area contributed by atoms with E-state index in [1.165, 1.54) is 48.8 Å². The molecule has 4 rings (SSSR count). The van der Waals surface area contributed by atoms with E-state index in [0.717, 1.165) is 17.1 Å². The zero-order valence-electron chi connectivity index (χ0n) is 25.0. The Labute approximate surface area is 263 Å². The summed E-state index contributed by atoms with van der Waals surface area (Å²) in [5, 5.41) is 5.94. The van der Waals surface area contributed by atoms with E-state index in [0.29, 0.717) is 35.6 Å². The second kappa shape index (κ2) is 17.4. The molecule has 1 aliphatic heterocycles. The molecule has 43 heavy (non-hydrogen) atoms. The summed E-state index contributed by atoms with van der Waals surface area (Å²) < 4.78 is 16.4. The van der Waals surface area contributed by atoms with Crippen LogP contribution in [0.15, 0.2) is 54.6 Å². The first-order valence-electron chi connectivity index (χ1n) is 14.9. The molecule has 1 heterocycles. The fraction of sp³-hybridized carbons (Fsp3) is 0.531. The molecule has 2 fully saturated rings. The third-order valence-electron chi connectivity index (χ3n) is 7.63. The Bertz CT molecular complexity index is 1160. The summed E-state index contributed by atoms with van der Waals surface area (Å²) in [6, 6.07) is 15.7. The van der Waals surface area contributed by atoms with E-state index in [4.69, 9.17) is 14.2 Å². The van der Waals surface area contributed by atoms with Gasteiger partial charge in [-0.1, -0.05) is 49.6 Å². The molecule has 2 aliphatic rings. The third-order valence-corrected chi connectivity index (χ3v) is 9.92. The molecule has 3 atom stereocenters. The number of methoxy groups -OCH3 is 1. The summed E-state index contributed by atoms with van der Waals surface area (Å²) in [6.45, 7) is 2.23. The predicted molar refractivity (Wildman–Crippen MR) is 171 cm³/mol. The zero-order valence-corrected chi connectivity index (χ0v) is 26.6. The van der Waals surface area contributed by atoms with Gasteiger partial charge in [0.15, 0.2) is 0 Å². The topological polar surface area (TPSA) is 106 Å². The van der Waals surface area contributed by atoms with Crippen LogP contribution in [-0.2, 0) is 25.6 Å². The molecule has 2 N–H and O–H groups in total. The number of nitrogens with zero attached hydrogens (tertiary/aromatic N) is 1. The van der Waals surface area contributed by atoms with Crippen molar-refractivity contribution in [3.05, 3.63) is 60.2 Å². The average molecular weight is 630 g/mol. The van der Waals surface area contributed by atoms with E-state index in [9.17, 15) is 14.4 Å². The van der Waals surface area contributed by atoms with Gasteiger partial charge < -0.3 is 24.8 Å².